The molecule has 3 N–H and O–H groups in total. The number of nitrogens with two attached hydrogens (primary N) is 1. The maximum absolute atomic E-state index is 14.7. The number of carbonyl (C=O) groups excluding carboxylic acids is 2. The topological polar surface area (TPSA) is 117 Å². The zero-order valence-electron chi connectivity index (χ0n) is 23.0. The van der Waals surface area contributed by atoms with Crippen LogP contribution in [-0.4, -0.2) is 79.0 Å². The van der Waals surface area contributed by atoms with Crippen LogP contribution in [0.4, 0.5) is 31.9 Å². The van der Waals surface area contributed by atoms with Crippen LogP contribution in [0, 0.1) is 5.92 Å². The molecule has 220 valence electrons. The second kappa shape index (κ2) is 11.5. The van der Waals surface area contributed by atoms with E-state index in [1.807, 2.05) is 0 Å². The molecule has 7 rings (SSSR count). The van der Waals surface area contributed by atoms with Crippen LogP contribution in [-0.2, 0) is 4.79 Å². The van der Waals surface area contributed by atoms with Crippen molar-refractivity contribution < 1.29 is 26.0 Å². The van der Waals surface area contributed by atoms with Gasteiger partial charge in [-0.25, -0.2) is 4.98 Å². The average molecular weight is 562 g/mol. The van der Waals surface area contributed by atoms with E-state index >= 15 is 0 Å². The molecule has 5 heterocycles. The van der Waals surface area contributed by atoms with Crippen molar-refractivity contribution >= 4 is 35.0 Å². The van der Waals surface area contributed by atoms with Gasteiger partial charge in [0.15, 0.2) is 5.82 Å². The third-order valence-corrected chi connectivity index (χ3v) is 8.43. The van der Waals surface area contributed by atoms with Crippen molar-refractivity contribution in [2.24, 2.45) is 11.7 Å². The van der Waals surface area contributed by atoms with Gasteiger partial charge in [0, 0.05) is 21.5 Å². The quantitative estimate of drug-likeness (QED) is 0.556. The predicted molar refractivity (Wildman–Crippen MR) is 153 cm³/mol. The van der Waals surface area contributed by atoms with E-state index < -0.39 is 24.3 Å². The summed E-state index contributed by atoms with van der Waals surface area (Å²) in [4.78, 5) is 37.5. The lowest BCUT2D eigenvalue weighted by Crippen LogP contribution is -2.48. The monoisotopic (exact) mass is 561 g/mol. The van der Waals surface area contributed by atoms with E-state index in [2.05, 4.69) is 20.2 Å². The number of nitrogens with zero attached hydrogens (tertiary/aromatic N) is 5. The van der Waals surface area contributed by atoms with Gasteiger partial charge >= 0.3 is 5.92 Å². The first kappa shape index (κ1) is 28.0. The minimum absolute atomic E-state index is 0. The maximum Gasteiger partial charge on any atom is 0.342 e. The first-order valence-electron chi connectivity index (χ1n) is 13.9. The molecular formula is C28H41F2N7O3. The molecule has 5 aliphatic rings. The van der Waals surface area contributed by atoms with Gasteiger partial charge < -0.3 is 30.5 Å². The molecule has 40 heavy (non-hydrogen) atoms. The first-order chi connectivity index (χ1) is 19.2. The Morgan fingerprint density at radius 1 is 1.15 bits per heavy atom. The lowest BCUT2D eigenvalue weighted by Gasteiger charge is -2.38. The zero-order valence-corrected chi connectivity index (χ0v) is 23.0. The maximum atomic E-state index is 14.7. The van der Waals surface area contributed by atoms with Crippen LogP contribution in [0.1, 0.15) is 58.2 Å². The molecule has 0 unspecified atom stereocenters. The molecule has 2 amide bonds. The van der Waals surface area contributed by atoms with Crippen molar-refractivity contribution in [2.45, 2.75) is 56.9 Å². The second-order valence-corrected chi connectivity index (χ2v) is 11.0. The summed E-state index contributed by atoms with van der Waals surface area (Å²) in [5.41, 5.74) is 6.27. The Morgan fingerprint density at radius 3 is 2.38 bits per heavy atom. The number of aromatic nitrogens is 2. The minimum atomic E-state index is -3.54. The largest absolute Gasteiger partial charge is 0.495 e. The van der Waals surface area contributed by atoms with Crippen molar-refractivity contribution in [1.29, 1.82) is 0 Å². The second-order valence-electron chi connectivity index (χ2n) is 11.0. The number of hydrogen-bond donors (Lipinski definition) is 2. The van der Waals surface area contributed by atoms with Crippen LogP contribution in [0.15, 0.2) is 24.4 Å². The number of rotatable bonds is 5. The number of hydrogen-bond acceptors (Lipinski definition) is 8. The third kappa shape index (κ3) is 5.81. The van der Waals surface area contributed by atoms with Crippen molar-refractivity contribution in [3.8, 4) is 5.75 Å². The predicted octanol–water partition coefficient (Wildman–Crippen LogP) is 4.28. The van der Waals surface area contributed by atoms with Crippen LogP contribution in [0.25, 0.3) is 0 Å². The fourth-order valence-corrected chi connectivity index (χ4v) is 6.04. The molecule has 2 bridgehead atoms. The van der Waals surface area contributed by atoms with Crippen LogP contribution in [0.2, 0.25) is 0 Å². The molecule has 1 aromatic heterocycles. The number of nitrogens with one attached hydrogen (secondary N) is 1. The lowest BCUT2D eigenvalue weighted by atomic mass is 9.89. The summed E-state index contributed by atoms with van der Waals surface area (Å²) in [5, 5.41) is 3.00. The van der Waals surface area contributed by atoms with Gasteiger partial charge in [0.05, 0.1) is 25.5 Å². The number of primary amides is 1. The van der Waals surface area contributed by atoms with E-state index in [9.17, 15) is 18.4 Å². The standard InChI is InChI=1S/C21H24F2N6O3.C7H13N.2H2/c1-28-15-10-25-20(26-14-8-7-12(17(24)30)9-16(14)32-2)27-18(15)29(13-5-3-4-6-13)11-21(22,23)19(28)31;1-4-8-5-2-7(1)3-6-8;;/h7-10,13H,3-6,11H2,1-2H3,(H2,24,30)(H,25,26,27);7H,1-6H2;2*1H. The molecule has 1 aromatic carbocycles. The van der Waals surface area contributed by atoms with Gasteiger partial charge in [0.25, 0.3) is 5.91 Å². The highest BCUT2D eigenvalue weighted by molar-refractivity contribution is 6.02. The number of carbonyl (C=O) groups is 2. The number of anilines is 4. The van der Waals surface area contributed by atoms with E-state index in [1.54, 1.807) is 6.07 Å². The van der Waals surface area contributed by atoms with Gasteiger partial charge in [-0.2, -0.15) is 13.8 Å². The Labute approximate surface area is 235 Å². The van der Waals surface area contributed by atoms with Gasteiger partial charge in [-0.05, 0) is 75.9 Å². The molecule has 12 heteroatoms. The molecule has 1 aliphatic carbocycles. The van der Waals surface area contributed by atoms with Crippen LogP contribution in [0.5, 0.6) is 5.75 Å². The van der Waals surface area contributed by atoms with Crippen molar-refractivity contribution in [3.63, 3.8) is 0 Å². The van der Waals surface area contributed by atoms with Gasteiger partial charge in [-0.15, -0.1) is 0 Å². The number of fused-ring (bicyclic) bond motifs is 4. The molecule has 2 aromatic rings. The highest BCUT2D eigenvalue weighted by Gasteiger charge is 2.48. The number of piperidine rings is 3. The summed E-state index contributed by atoms with van der Waals surface area (Å²) in [6.07, 6.45) is 9.19. The fourth-order valence-electron chi connectivity index (χ4n) is 6.04. The van der Waals surface area contributed by atoms with E-state index in [-0.39, 0.29) is 31.9 Å². The molecule has 10 nitrogen and oxygen atoms in total. The Hall–Kier alpha value is -3.54. The van der Waals surface area contributed by atoms with E-state index in [0.29, 0.717) is 11.4 Å². The van der Waals surface area contributed by atoms with Crippen molar-refractivity contribution in [1.82, 2.24) is 14.9 Å². The number of amides is 2. The highest BCUT2D eigenvalue weighted by Crippen LogP contribution is 2.40. The molecule has 0 spiro atoms. The molecule has 0 radical (unpaired) electrons. The molecule has 4 fully saturated rings. The van der Waals surface area contributed by atoms with Crippen molar-refractivity contribution in [3.05, 3.63) is 30.0 Å². The summed E-state index contributed by atoms with van der Waals surface area (Å²) in [6.45, 7) is 3.45. The Morgan fingerprint density at radius 2 is 1.82 bits per heavy atom. The molecule has 1 saturated carbocycles. The number of alkyl halides is 2. The fraction of sp³-hybridized carbons (Fsp3) is 0.571. The lowest BCUT2D eigenvalue weighted by molar-refractivity contribution is -0.140. The van der Waals surface area contributed by atoms with Gasteiger partial charge in [0.1, 0.15) is 11.4 Å². The van der Waals surface area contributed by atoms with Crippen molar-refractivity contribution in [2.75, 3.05) is 55.5 Å². The number of ether oxygens (including phenoxy) is 1. The summed E-state index contributed by atoms with van der Waals surface area (Å²) in [6, 6.07) is 4.46. The Bertz CT molecular complexity index is 1230. The molecule has 3 saturated heterocycles. The van der Waals surface area contributed by atoms with E-state index in [1.165, 1.54) is 76.3 Å². The Kier molecular flexibility index (Phi) is 8.07. The van der Waals surface area contributed by atoms with Gasteiger partial charge in [-0.1, -0.05) is 12.8 Å². The minimum Gasteiger partial charge on any atom is -0.495 e. The molecule has 0 atom stereocenters. The summed E-state index contributed by atoms with van der Waals surface area (Å²) >= 11 is 0. The molecule has 4 aliphatic heterocycles. The smallest absolute Gasteiger partial charge is 0.342 e. The summed E-state index contributed by atoms with van der Waals surface area (Å²) in [7, 11) is 2.74. The SMILES string of the molecule is C1CN2CCC1CC2.COc1cc(C(N)=O)ccc1Nc1ncc2c(n1)N(C1CCCC1)CC(F)(F)C(=O)N2C.[HH].[HH]. The van der Waals surface area contributed by atoms with E-state index in [0.717, 1.165) is 36.5 Å². The summed E-state index contributed by atoms with van der Waals surface area (Å²) < 4.78 is 34.7. The van der Waals surface area contributed by atoms with Crippen LogP contribution >= 0.6 is 0 Å². The Balaban J connectivity index is 0.000000414. The zero-order chi connectivity index (χ0) is 28.4. The average Bonchev–Trinajstić information content (AvgIpc) is 3.49. The van der Waals surface area contributed by atoms with Gasteiger partial charge in [0.2, 0.25) is 11.9 Å². The first-order valence-corrected chi connectivity index (χ1v) is 13.9. The van der Waals surface area contributed by atoms with Gasteiger partial charge in [-0.3, -0.25) is 9.59 Å². The number of halogens is 2. The molecular weight excluding hydrogens is 520 g/mol. The van der Waals surface area contributed by atoms with E-state index in [4.69, 9.17) is 10.5 Å². The summed E-state index contributed by atoms with van der Waals surface area (Å²) in [5.74, 6) is -3.56. The third-order valence-electron chi connectivity index (χ3n) is 8.43. The normalized spacial score (nSPS) is 23.6. The van der Waals surface area contributed by atoms with Crippen LogP contribution < -0.4 is 25.6 Å². The number of methoxy groups -OCH3 is 1. The number of benzene rings is 1. The van der Waals surface area contributed by atoms with Crippen LogP contribution in [0.3, 0.4) is 0 Å². The highest BCUT2D eigenvalue weighted by atomic mass is 19.3.